The molecule has 0 bridgehead atoms. The van der Waals surface area contributed by atoms with Crippen molar-refractivity contribution >= 4 is 9.84 Å². The van der Waals surface area contributed by atoms with E-state index in [0.717, 1.165) is 0 Å². The summed E-state index contributed by atoms with van der Waals surface area (Å²) in [7, 11) is -1.63. The van der Waals surface area contributed by atoms with Crippen molar-refractivity contribution in [3.63, 3.8) is 0 Å². The minimum absolute atomic E-state index is 0.0650. The second-order valence-electron chi connectivity index (χ2n) is 5.60. The fourth-order valence-electron chi connectivity index (χ4n) is 2.99. The quantitative estimate of drug-likeness (QED) is 0.853. The number of ether oxygens (including phenoxy) is 1. The Morgan fingerprint density at radius 2 is 2.10 bits per heavy atom. The predicted octanol–water partition coefficient (Wildman–Crippen LogP) is 0.666. The molecule has 1 heterocycles. The summed E-state index contributed by atoms with van der Waals surface area (Å²) in [6.07, 6.45) is 0.358. The third-order valence-corrected chi connectivity index (χ3v) is 6.26. The van der Waals surface area contributed by atoms with Crippen molar-refractivity contribution in [3.8, 4) is 5.75 Å². The molecular formula is C14H21NO4S. The highest BCUT2D eigenvalue weighted by Crippen LogP contribution is 2.49. The maximum atomic E-state index is 11.8. The maximum absolute atomic E-state index is 11.8. The van der Waals surface area contributed by atoms with Crippen LogP contribution in [0, 0.1) is 5.41 Å². The summed E-state index contributed by atoms with van der Waals surface area (Å²) in [4.78, 5) is 0. The molecule has 1 aliphatic rings. The average Bonchev–Trinajstić information content (AvgIpc) is 2.76. The largest absolute Gasteiger partial charge is 0.496 e. The molecule has 1 aromatic carbocycles. The predicted molar refractivity (Wildman–Crippen MR) is 77.3 cm³/mol. The molecule has 6 heteroatoms. The van der Waals surface area contributed by atoms with E-state index in [1.54, 1.807) is 31.2 Å². The van der Waals surface area contributed by atoms with E-state index in [0.29, 0.717) is 17.7 Å². The van der Waals surface area contributed by atoms with Crippen molar-refractivity contribution < 1.29 is 18.3 Å². The zero-order valence-corrected chi connectivity index (χ0v) is 12.6. The summed E-state index contributed by atoms with van der Waals surface area (Å²) in [6.45, 7) is 1.73. The molecule has 0 aliphatic carbocycles. The SMILES string of the molecule is COc1ccccc1C(C)(O)C1(CN)CCS(=O)(=O)C1. The standard InChI is InChI=1S/C14H21NO4S/c1-13(16,11-5-3-4-6-12(11)19-2)14(9-15)7-8-20(17,18)10-14/h3-6,16H,7-10,15H2,1-2H3. The van der Waals surface area contributed by atoms with Crippen LogP contribution in [0.25, 0.3) is 0 Å². The summed E-state index contributed by atoms with van der Waals surface area (Å²) in [6, 6.07) is 7.09. The molecule has 2 atom stereocenters. The molecule has 0 aromatic heterocycles. The van der Waals surface area contributed by atoms with Crippen LogP contribution in [0.4, 0.5) is 0 Å². The molecule has 3 N–H and O–H groups in total. The van der Waals surface area contributed by atoms with Crippen molar-refractivity contribution in [2.24, 2.45) is 11.1 Å². The van der Waals surface area contributed by atoms with Gasteiger partial charge in [0.1, 0.15) is 5.75 Å². The molecule has 1 aromatic rings. The number of benzene rings is 1. The number of methoxy groups -OCH3 is 1. The topological polar surface area (TPSA) is 89.6 Å². The van der Waals surface area contributed by atoms with Gasteiger partial charge in [0.2, 0.25) is 0 Å². The van der Waals surface area contributed by atoms with Crippen LogP contribution in [0.1, 0.15) is 18.9 Å². The van der Waals surface area contributed by atoms with Gasteiger partial charge in [-0.15, -0.1) is 0 Å². The Balaban J connectivity index is 2.53. The number of hydrogen-bond acceptors (Lipinski definition) is 5. The Labute approximate surface area is 119 Å². The molecular weight excluding hydrogens is 278 g/mol. The summed E-state index contributed by atoms with van der Waals surface area (Å²) >= 11 is 0. The average molecular weight is 299 g/mol. The first-order chi connectivity index (χ1) is 9.28. The fourth-order valence-corrected chi connectivity index (χ4v) is 5.22. The lowest BCUT2D eigenvalue weighted by Crippen LogP contribution is -2.49. The van der Waals surface area contributed by atoms with Crippen LogP contribution in [0.5, 0.6) is 5.75 Å². The van der Waals surface area contributed by atoms with E-state index >= 15 is 0 Å². The molecule has 0 spiro atoms. The van der Waals surface area contributed by atoms with Gasteiger partial charge in [-0.25, -0.2) is 8.42 Å². The third kappa shape index (κ3) is 2.32. The molecule has 5 nitrogen and oxygen atoms in total. The molecule has 1 saturated heterocycles. The van der Waals surface area contributed by atoms with Crippen LogP contribution in [-0.2, 0) is 15.4 Å². The van der Waals surface area contributed by atoms with E-state index < -0.39 is 20.9 Å². The molecule has 0 radical (unpaired) electrons. The molecule has 1 fully saturated rings. The third-order valence-electron chi connectivity index (χ3n) is 4.44. The van der Waals surface area contributed by atoms with E-state index in [1.807, 2.05) is 0 Å². The summed E-state index contributed by atoms with van der Waals surface area (Å²) in [5, 5.41) is 11.1. The van der Waals surface area contributed by atoms with Gasteiger partial charge in [0.25, 0.3) is 0 Å². The van der Waals surface area contributed by atoms with Gasteiger partial charge in [-0.3, -0.25) is 0 Å². The highest BCUT2D eigenvalue weighted by Gasteiger charge is 2.54. The van der Waals surface area contributed by atoms with E-state index in [1.165, 1.54) is 7.11 Å². The van der Waals surface area contributed by atoms with Crippen LogP contribution < -0.4 is 10.5 Å². The van der Waals surface area contributed by atoms with Crippen molar-refractivity contribution in [2.75, 3.05) is 25.2 Å². The first kappa shape index (κ1) is 15.3. The second kappa shape index (κ2) is 5.02. The number of para-hydroxylation sites is 1. The fraction of sp³-hybridized carbons (Fsp3) is 0.571. The highest BCUT2D eigenvalue weighted by molar-refractivity contribution is 7.91. The molecule has 20 heavy (non-hydrogen) atoms. The number of rotatable bonds is 4. The minimum Gasteiger partial charge on any atom is -0.496 e. The van der Waals surface area contributed by atoms with E-state index in [4.69, 9.17) is 10.5 Å². The van der Waals surface area contributed by atoms with Crippen LogP contribution >= 0.6 is 0 Å². The molecule has 1 aliphatic heterocycles. The summed E-state index contributed by atoms with van der Waals surface area (Å²) in [5.41, 5.74) is 4.18. The zero-order valence-electron chi connectivity index (χ0n) is 11.8. The Bertz CT molecular complexity index is 597. The lowest BCUT2D eigenvalue weighted by atomic mass is 9.68. The lowest BCUT2D eigenvalue weighted by Gasteiger charge is -2.42. The highest BCUT2D eigenvalue weighted by atomic mass is 32.2. The van der Waals surface area contributed by atoms with E-state index in [-0.39, 0.29) is 18.1 Å². The van der Waals surface area contributed by atoms with Crippen molar-refractivity contribution in [2.45, 2.75) is 18.9 Å². The first-order valence-corrected chi connectivity index (χ1v) is 8.36. The Kier molecular flexibility index (Phi) is 3.83. The van der Waals surface area contributed by atoms with E-state index in [2.05, 4.69) is 0 Å². The summed E-state index contributed by atoms with van der Waals surface area (Å²) in [5.74, 6) is 0.506. The monoisotopic (exact) mass is 299 g/mol. The molecule has 0 saturated carbocycles. The zero-order chi connectivity index (χ0) is 15.0. The number of hydrogen-bond donors (Lipinski definition) is 2. The van der Waals surface area contributed by atoms with Gasteiger partial charge in [-0.05, 0) is 19.4 Å². The Hall–Kier alpha value is -1.11. The molecule has 112 valence electrons. The number of sulfone groups is 1. The van der Waals surface area contributed by atoms with Crippen LogP contribution in [0.2, 0.25) is 0 Å². The van der Waals surface area contributed by atoms with Crippen molar-refractivity contribution in [3.05, 3.63) is 29.8 Å². The second-order valence-corrected chi connectivity index (χ2v) is 7.78. The molecule has 0 amide bonds. The Morgan fingerprint density at radius 1 is 1.45 bits per heavy atom. The van der Waals surface area contributed by atoms with Gasteiger partial charge in [0.05, 0.1) is 24.2 Å². The maximum Gasteiger partial charge on any atom is 0.151 e. The van der Waals surface area contributed by atoms with Crippen LogP contribution in [-0.4, -0.2) is 38.7 Å². The van der Waals surface area contributed by atoms with Crippen molar-refractivity contribution in [1.29, 1.82) is 0 Å². The van der Waals surface area contributed by atoms with Gasteiger partial charge in [-0.1, -0.05) is 18.2 Å². The van der Waals surface area contributed by atoms with E-state index in [9.17, 15) is 13.5 Å². The normalized spacial score (nSPS) is 28.0. The van der Waals surface area contributed by atoms with Gasteiger partial charge in [0.15, 0.2) is 9.84 Å². The van der Waals surface area contributed by atoms with Gasteiger partial charge >= 0.3 is 0 Å². The molecule has 2 unspecified atom stereocenters. The number of nitrogens with two attached hydrogens (primary N) is 1. The van der Waals surface area contributed by atoms with Crippen LogP contribution in [0.3, 0.4) is 0 Å². The van der Waals surface area contributed by atoms with Gasteiger partial charge in [0, 0.05) is 17.5 Å². The van der Waals surface area contributed by atoms with Crippen LogP contribution in [0.15, 0.2) is 24.3 Å². The van der Waals surface area contributed by atoms with Crippen molar-refractivity contribution in [1.82, 2.24) is 0 Å². The number of aliphatic hydroxyl groups is 1. The molecule has 2 rings (SSSR count). The minimum atomic E-state index is -3.16. The summed E-state index contributed by atoms with van der Waals surface area (Å²) < 4.78 is 29.0. The van der Waals surface area contributed by atoms with Gasteiger partial charge < -0.3 is 15.6 Å². The van der Waals surface area contributed by atoms with Gasteiger partial charge in [-0.2, -0.15) is 0 Å². The smallest absolute Gasteiger partial charge is 0.151 e. The lowest BCUT2D eigenvalue weighted by molar-refractivity contribution is -0.0597. The Morgan fingerprint density at radius 3 is 2.60 bits per heavy atom. The first-order valence-electron chi connectivity index (χ1n) is 6.54.